The quantitative estimate of drug-likeness (QED) is 0.910. The van der Waals surface area contributed by atoms with E-state index in [1.54, 1.807) is 12.1 Å². The highest BCUT2D eigenvalue weighted by molar-refractivity contribution is 7.03. The molecule has 1 N–H and O–H groups in total. The molecule has 2 rings (SSSR count). The number of halogens is 1. The van der Waals surface area contributed by atoms with Crippen LogP contribution in [-0.4, -0.2) is 9.59 Å². The maximum Gasteiger partial charge on any atom is 0.101 e. The number of hydrogen-bond acceptors (Lipinski definition) is 5. The van der Waals surface area contributed by atoms with E-state index in [1.165, 1.54) is 11.5 Å². The Bertz CT molecular complexity index is 518. The van der Waals surface area contributed by atoms with Crippen molar-refractivity contribution in [2.45, 2.75) is 6.54 Å². The molecule has 80 valence electrons. The van der Waals surface area contributed by atoms with Crippen LogP contribution in [-0.2, 0) is 6.54 Å². The SMILES string of the molecule is N#Cc1ccc(NCc2csnn2)cc1Cl. The molecule has 0 saturated heterocycles. The number of rotatable bonds is 3. The van der Waals surface area contributed by atoms with Crippen LogP contribution in [0.1, 0.15) is 11.3 Å². The zero-order chi connectivity index (χ0) is 11.4. The van der Waals surface area contributed by atoms with Crippen molar-refractivity contribution in [3.63, 3.8) is 0 Å². The molecule has 0 bridgehead atoms. The molecule has 1 heterocycles. The summed E-state index contributed by atoms with van der Waals surface area (Å²) in [6, 6.07) is 7.23. The smallest absolute Gasteiger partial charge is 0.101 e. The summed E-state index contributed by atoms with van der Waals surface area (Å²) in [6.07, 6.45) is 0. The van der Waals surface area contributed by atoms with E-state index in [0.29, 0.717) is 17.1 Å². The monoisotopic (exact) mass is 250 g/mol. The molecular formula is C10H7ClN4S. The van der Waals surface area contributed by atoms with E-state index in [4.69, 9.17) is 16.9 Å². The highest BCUT2D eigenvalue weighted by Crippen LogP contribution is 2.20. The molecule has 1 aromatic carbocycles. The van der Waals surface area contributed by atoms with E-state index in [1.807, 2.05) is 17.5 Å². The number of anilines is 1. The maximum absolute atomic E-state index is 8.72. The van der Waals surface area contributed by atoms with Gasteiger partial charge in [-0.25, -0.2) is 0 Å². The average Bonchev–Trinajstić information content (AvgIpc) is 2.79. The Morgan fingerprint density at radius 3 is 3.00 bits per heavy atom. The number of aromatic nitrogens is 2. The van der Waals surface area contributed by atoms with Gasteiger partial charge >= 0.3 is 0 Å². The molecule has 2 aromatic rings. The molecule has 0 fully saturated rings. The second-order valence-electron chi connectivity index (χ2n) is 3.06. The summed E-state index contributed by atoms with van der Waals surface area (Å²) < 4.78 is 3.76. The highest BCUT2D eigenvalue weighted by Gasteiger charge is 2.01. The third-order valence-electron chi connectivity index (χ3n) is 1.97. The molecule has 6 heteroatoms. The van der Waals surface area contributed by atoms with Crippen LogP contribution in [0.4, 0.5) is 5.69 Å². The van der Waals surface area contributed by atoms with Gasteiger partial charge in [-0.3, -0.25) is 0 Å². The summed E-state index contributed by atoms with van der Waals surface area (Å²) in [7, 11) is 0. The van der Waals surface area contributed by atoms with Gasteiger partial charge in [0.1, 0.15) is 6.07 Å². The Hall–Kier alpha value is -1.64. The first-order valence-electron chi connectivity index (χ1n) is 4.49. The number of nitrogens with one attached hydrogen (secondary N) is 1. The van der Waals surface area contributed by atoms with E-state index in [2.05, 4.69) is 14.9 Å². The lowest BCUT2D eigenvalue weighted by Gasteiger charge is -2.04. The van der Waals surface area contributed by atoms with Crippen molar-refractivity contribution in [2.24, 2.45) is 0 Å². The minimum atomic E-state index is 0.448. The molecule has 0 saturated carbocycles. The predicted molar refractivity (Wildman–Crippen MR) is 63.4 cm³/mol. The van der Waals surface area contributed by atoms with Gasteiger partial charge in [0.15, 0.2) is 0 Å². The van der Waals surface area contributed by atoms with Crippen molar-refractivity contribution in [3.05, 3.63) is 39.9 Å². The van der Waals surface area contributed by atoms with Gasteiger partial charge in [-0.1, -0.05) is 16.1 Å². The largest absolute Gasteiger partial charge is 0.379 e. The summed E-state index contributed by atoms with van der Waals surface area (Å²) >= 11 is 7.22. The average molecular weight is 251 g/mol. The molecule has 1 aromatic heterocycles. The second kappa shape index (κ2) is 4.92. The molecule has 16 heavy (non-hydrogen) atoms. The van der Waals surface area contributed by atoms with Crippen LogP contribution in [0.15, 0.2) is 23.6 Å². The topological polar surface area (TPSA) is 61.6 Å². The third kappa shape index (κ3) is 2.48. The molecule has 0 aliphatic rings. The standard InChI is InChI=1S/C10H7ClN4S/c11-10-3-8(2-1-7(10)4-12)13-5-9-6-16-15-14-9/h1-3,6,13H,5H2. The Morgan fingerprint density at radius 2 is 2.38 bits per heavy atom. The van der Waals surface area contributed by atoms with Gasteiger partial charge in [0, 0.05) is 11.1 Å². The first-order valence-corrected chi connectivity index (χ1v) is 5.70. The lowest BCUT2D eigenvalue weighted by Crippen LogP contribution is -1.99. The van der Waals surface area contributed by atoms with Crippen LogP contribution >= 0.6 is 23.1 Å². The molecule has 0 radical (unpaired) electrons. The van der Waals surface area contributed by atoms with Gasteiger partial charge in [0.2, 0.25) is 0 Å². The third-order valence-corrected chi connectivity index (χ3v) is 2.83. The zero-order valence-corrected chi connectivity index (χ0v) is 9.72. The van der Waals surface area contributed by atoms with Gasteiger partial charge in [0.05, 0.1) is 22.8 Å². The van der Waals surface area contributed by atoms with Crippen LogP contribution in [0, 0.1) is 11.3 Å². The van der Waals surface area contributed by atoms with Crippen molar-refractivity contribution < 1.29 is 0 Å². The van der Waals surface area contributed by atoms with Gasteiger partial charge < -0.3 is 5.32 Å². The van der Waals surface area contributed by atoms with Crippen molar-refractivity contribution in [1.82, 2.24) is 9.59 Å². The fourth-order valence-corrected chi connectivity index (χ4v) is 1.84. The Labute approximate surface area is 102 Å². The highest BCUT2D eigenvalue weighted by atomic mass is 35.5. The molecule has 0 aliphatic heterocycles. The van der Waals surface area contributed by atoms with Crippen molar-refractivity contribution >= 4 is 28.8 Å². The summed E-state index contributed by atoms with van der Waals surface area (Å²) in [5.74, 6) is 0. The number of nitrogens with zero attached hydrogens (tertiary/aromatic N) is 3. The second-order valence-corrected chi connectivity index (χ2v) is 4.07. The maximum atomic E-state index is 8.72. The molecule has 0 spiro atoms. The molecule has 0 aliphatic carbocycles. The van der Waals surface area contributed by atoms with Crippen molar-refractivity contribution in [2.75, 3.05) is 5.32 Å². The molecule has 0 atom stereocenters. The number of hydrogen-bond donors (Lipinski definition) is 1. The zero-order valence-electron chi connectivity index (χ0n) is 8.14. The lowest BCUT2D eigenvalue weighted by molar-refractivity contribution is 0.999. The van der Waals surface area contributed by atoms with Gasteiger partial charge in [0.25, 0.3) is 0 Å². The van der Waals surface area contributed by atoms with Gasteiger partial charge in [-0.2, -0.15) is 5.26 Å². The summed E-state index contributed by atoms with van der Waals surface area (Å²) in [4.78, 5) is 0. The van der Waals surface area contributed by atoms with Crippen LogP contribution < -0.4 is 5.32 Å². The summed E-state index contributed by atoms with van der Waals surface area (Å²) in [6.45, 7) is 0.596. The Kier molecular flexibility index (Phi) is 3.34. The Morgan fingerprint density at radius 1 is 1.50 bits per heavy atom. The van der Waals surface area contributed by atoms with Crippen molar-refractivity contribution in [3.8, 4) is 6.07 Å². The fourth-order valence-electron chi connectivity index (χ4n) is 1.17. The van der Waals surface area contributed by atoms with E-state index >= 15 is 0 Å². The summed E-state index contributed by atoms with van der Waals surface area (Å²) in [5, 5.41) is 18.1. The van der Waals surface area contributed by atoms with Crippen LogP contribution in [0.3, 0.4) is 0 Å². The van der Waals surface area contributed by atoms with Gasteiger partial charge in [-0.15, -0.1) is 5.10 Å². The summed E-state index contributed by atoms with van der Waals surface area (Å²) in [5.41, 5.74) is 2.21. The van der Waals surface area contributed by atoms with Gasteiger partial charge in [-0.05, 0) is 29.7 Å². The number of nitriles is 1. The van der Waals surface area contributed by atoms with Crippen LogP contribution in [0.5, 0.6) is 0 Å². The Balaban J connectivity index is 2.06. The van der Waals surface area contributed by atoms with Crippen LogP contribution in [0.25, 0.3) is 0 Å². The minimum Gasteiger partial charge on any atom is -0.379 e. The molecule has 0 unspecified atom stereocenters. The molecule has 4 nitrogen and oxygen atoms in total. The normalized spacial score (nSPS) is 9.75. The number of benzene rings is 1. The predicted octanol–water partition coefficient (Wildman–Crippen LogP) is 2.68. The van der Waals surface area contributed by atoms with E-state index < -0.39 is 0 Å². The molecule has 0 amide bonds. The molecular weight excluding hydrogens is 244 g/mol. The van der Waals surface area contributed by atoms with E-state index in [9.17, 15) is 0 Å². The first-order chi connectivity index (χ1) is 7.79. The first kappa shape index (κ1) is 10.9. The van der Waals surface area contributed by atoms with Crippen molar-refractivity contribution in [1.29, 1.82) is 5.26 Å². The minimum absolute atomic E-state index is 0.448. The lowest BCUT2D eigenvalue weighted by atomic mass is 10.2. The van der Waals surface area contributed by atoms with Crippen LogP contribution in [0.2, 0.25) is 5.02 Å². The van der Waals surface area contributed by atoms with E-state index in [-0.39, 0.29) is 0 Å². The fraction of sp³-hybridized carbons (Fsp3) is 0.100. The van der Waals surface area contributed by atoms with E-state index in [0.717, 1.165) is 11.4 Å².